The Labute approximate surface area is 120 Å². The van der Waals surface area contributed by atoms with Crippen molar-refractivity contribution in [1.29, 1.82) is 0 Å². The van der Waals surface area contributed by atoms with Gasteiger partial charge in [-0.15, -0.1) is 0 Å². The van der Waals surface area contributed by atoms with E-state index < -0.39 is 0 Å². The van der Waals surface area contributed by atoms with E-state index in [2.05, 4.69) is 10.1 Å². The van der Waals surface area contributed by atoms with Gasteiger partial charge in [-0.3, -0.25) is 0 Å². The summed E-state index contributed by atoms with van der Waals surface area (Å²) in [6.45, 7) is 1.88. The number of halogens is 1. The highest BCUT2D eigenvalue weighted by atomic mass is 19.1. The fourth-order valence-corrected chi connectivity index (χ4v) is 2.07. The first-order valence-corrected chi connectivity index (χ1v) is 6.49. The Bertz CT molecular complexity index is 783. The minimum Gasteiger partial charge on any atom is -0.507 e. The Hall–Kier alpha value is -2.69. The number of benzene rings is 2. The molecule has 21 heavy (non-hydrogen) atoms. The molecule has 0 fully saturated rings. The van der Waals surface area contributed by atoms with E-state index in [4.69, 9.17) is 4.52 Å². The summed E-state index contributed by atoms with van der Waals surface area (Å²) >= 11 is 0. The van der Waals surface area contributed by atoms with Crippen LogP contribution in [0.3, 0.4) is 0 Å². The summed E-state index contributed by atoms with van der Waals surface area (Å²) in [5, 5.41) is 13.7. The zero-order valence-corrected chi connectivity index (χ0v) is 11.4. The summed E-state index contributed by atoms with van der Waals surface area (Å²) in [6, 6.07) is 11.6. The van der Waals surface area contributed by atoms with Gasteiger partial charge in [0.25, 0.3) is 5.89 Å². The number of aryl methyl sites for hydroxylation is 1. The van der Waals surface area contributed by atoms with E-state index in [0.29, 0.717) is 17.0 Å². The topological polar surface area (TPSA) is 59.2 Å². The second-order valence-electron chi connectivity index (χ2n) is 4.80. The summed E-state index contributed by atoms with van der Waals surface area (Å²) in [5.41, 5.74) is 1.90. The Kier molecular flexibility index (Phi) is 3.39. The molecule has 0 atom stereocenters. The lowest BCUT2D eigenvalue weighted by Crippen LogP contribution is -1.94. The number of phenolic OH excluding ortho intramolecular Hbond substituents is 1. The van der Waals surface area contributed by atoms with E-state index in [9.17, 15) is 9.50 Å². The molecule has 1 aromatic heterocycles. The molecule has 0 amide bonds. The van der Waals surface area contributed by atoms with Gasteiger partial charge in [0, 0.05) is 6.42 Å². The van der Waals surface area contributed by atoms with E-state index in [0.717, 1.165) is 5.56 Å². The molecule has 0 saturated carbocycles. The highest BCUT2D eigenvalue weighted by Gasteiger charge is 2.14. The molecular weight excluding hydrogens is 271 g/mol. The molecule has 3 aromatic rings. The van der Waals surface area contributed by atoms with Crippen LogP contribution in [0.15, 0.2) is 47.0 Å². The zero-order valence-electron chi connectivity index (χ0n) is 11.4. The van der Waals surface area contributed by atoms with E-state index in [1.165, 1.54) is 6.07 Å². The molecule has 1 heterocycles. The fraction of sp³-hybridized carbons (Fsp3) is 0.125. The van der Waals surface area contributed by atoms with Crippen LogP contribution in [-0.4, -0.2) is 15.2 Å². The maximum atomic E-state index is 13.6. The summed E-state index contributed by atoms with van der Waals surface area (Å²) in [4.78, 5) is 4.20. The lowest BCUT2D eigenvalue weighted by Gasteiger charge is -2.00. The van der Waals surface area contributed by atoms with Gasteiger partial charge in [0.15, 0.2) is 5.82 Å². The van der Waals surface area contributed by atoms with Crippen molar-refractivity contribution in [2.45, 2.75) is 13.3 Å². The third-order valence-electron chi connectivity index (χ3n) is 3.16. The van der Waals surface area contributed by atoms with Crippen LogP contribution >= 0.6 is 0 Å². The Balaban J connectivity index is 1.88. The maximum Gasteiger partial charge on any atom is 0.261 e. The number of nitrogens with zero attached hydrogens (tertiary/aromatic N) is 2. The highest BCUT2D eigenvalue weighted by molar-refractivity contribution is 5.62. The summed E-state index contributed by atoms with van der Waals surface area (Å²) in [7, 11) is 0. The zero-order chi connectivity index (χ0) is 14.8. The van der Waals surface area contributed by atoms with E-state index >= 15 is 0 Å². The predicted octanol–water partition coefficient (Wildman–Crippen LogP) is 3.48. The van der Waals surface area contributed by atoms with Crippen molar-refractivity contribution >= 4 is 0 Å². The lowest BCUT2D eigenvalue weighted by molar-refractivity contribution is 0.418. The first kappa shape index (κ1) is 13.3. The number of phenols is 1. The van der Waals surface area contributed by atoms with Crippen molar-refractivity contribution in [2.75, 3.05) is 0 Å². The second-order valence-corrected chi connectivity index (χ2v) is 4.80. The quantitative estimate of drug-likeness (QED) is 0.800. The average molecular weight is 284 g/mol. The molecule has 0 radical (unpaired) electrons. The largest absolute Gasteiger partial charge is 0.507 e. The van der Waals surface area contributed by atoms with Crippen LogP contribution in [0.1, 0.15) is 17.0 Å². The average Bonchev–Trinajstić information content (AvgIpc) is 2.90. The first-order valence-electron chi connectivity index (χ1n) is 6.49. The molecule has 0 aliphatic carbocycles. The van der Waals surface area contributed by atoms with Crippen LogP contribution in [0, 0.1) is 12.7 Å². The minimum absolute atomic E-state index is 0.0797. The van der Waals surface area contributed by atoms with Gasteiger partial charge in [0.2, 0.25) is 0 Å². The van der Waals surface area contributed by atoms with Crippen molar-refractivity contribution in [3.05, 3.63) is 65.2 Å². The third kappa shape index (κ3) is 2.76. The molecule has 0 saturated heterocycles. The van der Waals surface area contributed by atoms with Gasteiger partial charge in [-0.1, -0.05) is 29.4 Å². The van der Waals surface area contributed by atoms with Gasteiger partial charge in [-0.2, -0.15) is 4.98 Å². The molecule has 1 N–H and O–H groups in total. The molecule has 3 rings (SSSR count). The normalized spacial score (nSPS) is 10.8. The summed E-state index contributed by atoms with van der Waals surface area (Å²) in [6.07, 6.45) is 0.239. The van der Waals surface area contributed by atoms with Crippen LogP contribution in [0.25, 0.3) is 11.5 Å². The predicted molar refractivity (Wildman–Crippen MR) is 75.3 cm³/mol. The van der Waals surface area contributed by atoms with E-state index in [1.54, 1.807) is 30.3 Å². The Morgan fingerprint density at radius 1 is 1.19 bits per heavy atom. The van der Waals surface area contributed by atoms with Gasteiger partial charge in [-0.25, -0.2) is 4.39 Å². The standard InChI is InChI=1S/C16H13FN2O2/c1-10-6-7-12(14(20)8-10)16-18-15(19-21-16)9-11-4-2-3-5-13(11)17/h2-8,20H,9H2,1H3. The van der Waals surface area contributed by atoms with Crippen molar-refractivity contribution in [2.24, 2.45) is 0 Å². The third-order valence-corrected chi connectivity index (χ3v) is 3.16. The molecule has 0 unspecified atom stereocenters. The highest BCUT2D eigenvalue weighted by Crippen LogP contribution is 2.28. The number of aromatic hydroxyl groups is 1. The number of aromatic nitrogens is 2. The van der Waals surface area contributed by atoms with Gasteiger partial charge >= 0.3 is 0 Å². The molecule has 0 aliphatic heterocycles. The van der Waals surface area contributed by atoms with E-state index in [-0.39, 0.29) is 23.9 Å². The first-order chi connectivity index (χ1) is 10.1. The van der Waals surface area contributed by atoms with E-state index in [1.807, 2.05) is 13.0 Å². The van der Waals surface area contributed by atoms with Crippen LogP contribution in [-0.2, 0) is 6.42 Å². The molecule has 5 heteroatoms. The fourth-order valence-electron chi connectivity index (χ4n) is 2.07. The van der Waals surface area contributed by atoms with Crippen LogP contribution in [0.2, 0.25) is 0 Å². The molecule has 106 valence electrons. The summed E-state index contributed by atoms with van der Waals surface area (Å²) < 4.78 is 18.7. The summed E-state index contributed by atoms with van der Waals surface area (Å²) in [5.74, 6) is 0.368. The molecular formula is C16H13FN2O2. The van der Waals surface area contributed by atoms with Crippen LogP contribution in [0.4, 0.5) is 4.39 Å². The monoisotopic (exact) mass is 284 g/mol. The maximum absolute atomic E-state index is 13.6. The molecule has 0 aliphatic rings. The van der Waals surface area contributed by atoms with Gasteiger partial charge in [0.05, 0.1) is 5.56 Å². The van der Waals surface area contributed by atoms with Crippen molar-refractivity contribution in [3.63, 3.8) is 0 Å². The van der Waals surface area contributed by atoms with Crippen molar-refractivity contribution < 1.29 is 14.0 Å². The molecule has 0 bridgehead atoms. The van der Waals surface area contributed by atoms with Crippen molar-refractivity contribution in [3.8, 4) is 17.2 Å². The minimum atomic E-state index is -0.304. The molecule has 0 spiro atoms. The van der Waals surface area contributed by atoms with Crippen molar-refractivity contribution in [1.82, 2.24) is 10.1 Å². The van der Waals surface area contributed by atoms with Gasteiger partial charge < -0.3 is 9.63 Å². The smallest absolute Gasteiger partial charge is 0.261 e. The number of rotatable bonds is 3. The van der Waals surface area contributed by atoms with Gasteiger partial charge in [0.1, 0.15) is 11.6 Å². The Morgan fingerprint density at radius 3 is 2.76 bits per heavy atom. The second kappa shape index (κ2) is 5.36. The van der Waals surface area contributed by atoms with Gasteiger partial charge in [-0.05, 0) is 36.2 Å². The number of hydrogen-bond donors (Lipinski definition) is 1. The lowest BCUT2D eigenvalue weighted by atomic mass is 10.1. The molecule has 4 nitrogen and oxygen atoms in total. The van der Waals surface area contributed by atoms with Crippen LogP contribution in [0.5, 0.6) is 5.75 Å². The van der Waals surface area contributed by atoms with Crippen LogP contribution < -0.4 is 0 Å². The number of hydrogen-bond acceptors (Lipinski definition) is 4. The Morgan fingerprint density at radius 2 is 2.00 bits per heavy atom. The molecule has 2 aromatic carbocycles. The SMILES string of the molecule is Cc1ccc(-c2nc(Cc3ccccc3F)no2)c(O)c1.